The lowest BCUT2D eigenvalue weighted by Gasteiger charge is -2.30. The summed E-state index contributed by atoms with van der Waals surface area (Å²) in [5.41, 5.74) is 0. The topological polar surface area (TPSA) is 38.3 Å². The van der Waals surface area contributed by atoms with E-state index in [1.54, 1.807) is 18.9 Å². The van der Waals surface area contributed by atoms with Crippen LogP contribution in [0.4, 0.5) is 0 Å². The fourth-order valence-corrected chi connectivity index (χ4v) is 5.68. The maximum atomic E-state index is 11.9. The van der Waals surface area contributed by atoms with Gasteiger partial charge < -0.3 is 10.1 Å². The van der Waals surface area contributed by atoms with Gasteiger partial charge in [-0.25, -0.2) is 0 Å². The number of ether oxygens (including phenoxy) is 1. The van der Waals surface area contributed by atoms with Crippen LogP contribution >= 0.6 is 35.1 Å². The smallest absolute Gasteiger partial charge is 0.230 e. The van der Waals surface area contributed by atoms with E-state index in [2.05, 4.69) is 11.4 Å². The van der Waals surface area contributed by atoms with Gasteiger partial charge in [0.2, 0.25) is 5.91 Å². The number of carbonyl (C=O) groups is 1. The van der Waals surface area contributed by atoms with Gasteiger partial charge in [-0.2, -0.15) is 0 Å². The van der Waals surface area contributed by atoms with Gasteiger partial charge in [-0.1, -0.05) is 36.6 Å². The van der Waals surface area contributed by atoms with Gasteiger partial charge in [-0.15, -0.1) is 23.5 Å². The molecule has 0 unspecified atom stereocenters. The summed E-state index contributed by atoms with van der Waals surface area (Å²) < 4.78 is 4.94. The van der Waals surface area contributed by atoms with E-state index in [1.165, 1.54) is 25.7 Å². The quantitative estimate of drug-likeness (QED) is 0.692. The van der Waals surface area contributed by atoms with Gasteiger partial charge >= 0.3 is 0 Å². The van der Waals surface area contributed by atoms with Crippen molar-refractivity contribution in [3.8, 4) is 0 Å². The molecular weight excluding hydrogens is 350 g/mol. The molecule has 0 saturated heterocycles. The fraction of sp³-hybridized carbons (Fsp3) is 0.588. The highest BCUT2D eigenvalue weighted by molar-refractivity contribution is 8.04. The molecule has 1 fully saturated rings. The van der Waals surface area contributed by atoms with Crippen molar-refractivity contribution in [2.45, 2.75) is 41.1 Å². The minimum absolute atomic E-state index is 0.0964. The molecule has 128 valence electrons. The van der Waals surface area contributed by atoms with E-state index in [-0.39, 0.29) is 5.91 Å². The van der Waals surface area contributed by atoms with Crippen molar-refractivity contribution in [1.82, 2.24) is 5.32 Å². The summed E-state index contributed by atoms with van der Waals surface area (Å²) in [6, 6.07) is 8.02. The third kappa shape index (κ3) is 6.57. The first kappa shape index (κ1) is 19.0. The molecule has 0 heterocycles. The zero-order valence-electron chi connectivity index (χ0n) is 13.4. The second-order valence-electron chi connectivity index (χ2n) is 5.56. The maximum absolute atomic E-state index is 11.9. The van der Waals surface area contributed by atoms with Crippen molar-refractivity contribution in [2.75, 3.05) is 26.0 Å². The third-order valence-electron chi connectivity index (χ3n) is 3.81. The molecule has 1 aromatic rings. The Morgan fingerprint density at radius 1 is 1.30 bits per heavy atom. The number of hydrogen-bond donors (Lipinski definition) is 1. The first-order valence-corrected chi connectivity index (χ1v) is 10.3. The average molecular weight is 374 g/mol. The molecule has 1 aliphatic carbocycles. The van der Waals surface area contributed by atoms with E-state index in [4.69, 9.17) is 16.3 Å². The minimum Gasteiger partial charge on any atom is -0.383 e. The van der Waals surface area contributed by atoms with E-state index in [0.29, 0.717) is 29.4 Å². The van der Waals surface area contributed by atoms with Crippen LogP contribution in [0.2, 0.25) is 5.02 Å². The summed E-state index contributed by atoms with van der Waals surface area (Å²) in [7, 11) is 1.64. The second-order valence-corrected chi connectivity index (χ2v) is 8.48. The maximum Gasteiger partial charge on any atom is 0.230 e. The zero-order chi connectivity index (χ0) is 16.5. The van der Waals surface area contributed by atoms with Crippen molar-refractivity contribution >= 4 is 41.0 Å². The van der Waals surface area contributed by atoms with Gasteiger partial charge in [-0.3, -0.25) is 4.79 Å². The van der Waals surface area contributed by atoms with E-state index in [0.717, 1.165) is 9.92 Å². The molecule has 3 nitrogen and oxygen atoms in total. The lowest BCUT2D eigenvalue weighted by molar-refractivity contribution is -0.118. The zero-order valence-corrected chi connectivity index (χ0v) is 15.8. The Morgan fingerprint density at radius 2 is 2.04 bits per heavy atom. The van der Waals surface area contributed by atoms with Crippen LogP contribution in [0.5, 0.6) is 0 Å². The SMILES string of the molecule is COCCNC(=O)CS[C@@H]1CCCC[C@H]1Sc1ccccc1Cl. The van der Waals surface area contributed by atoms with E-state index >= 15 is 0 Å². The van der Waals surface area contributed by atoms with Crippen LogP contribution in [0.1, 0.15) is 25.7 Å². The van der Waals surface area contributed by atoms with Gasteiger partial charge in [0, 0.05) is 29.0 Å². The Balaban J connectivity index is 1.83. The first-order chi connectivity index (χ1) is 11.2. The summed E-state index contributed by atoms with van der Waals surface area (Å²) >= 11 is 9.93. The molecule has 1 amide bonds. The van der Waals surface area contributed by atoms with Gasteiger partial charge in [0.1, 0.15) is 0 Å². The molecule has 1 aliphatic rings. The van der Waals surface area contributed by atoms with Crippen LogP contribution in [0.15, 0.2) is 29.2 Å². The molecule has 0 aliphatic heterocycles. The Kier molecular flexibility index (Phi) is 8.66. The Morgan fingerprint density at radius 3 is 2.78 bits per heavy atom. The van der Waals surface area contributed by atoms with Crippen LogP contribution in [0.3, 0.4) is 0 Å². The van der Waals surface area contributed by atoms with Crippen molar-refractivity contribution in [3.05, 3.63) is 29.3 Å². The molecule has 0 aromatic heterocycles. The van der Waals surface area contributed by atoms with Crippen LogP contribution in [-0.2, 0) is 9.53 Å². The Hall–Kier alpha value is -0.360. The van der Waals surface area contributed by atoms with Gasteiger partial charge in [0.15, 0.2) is 0 Å². The highest BCUT2D eigenvalue weighted by Gasteiger charge is 2.27. The van der Waals surface area contributed by atoms with Crippen LogP contribution in [0.25, 0.3) is 0 Å². The third-order valence-corrected chi connectivity index (χ3v) is 7.33. The summed E-state index contributed by atoms with van der Waals surface area (Å²) in [5.74, 6) is 0.618. The largest absolute Gasteiger partial charge is 0.383 e. The number of amides is 1. The highest BCUT2D eigenvalue weighted by Crippen LogP contribution is 2.41. The summed E-state index contributed by atoms with van der Waals surface area (Å²) in [4.78, 5) is 13.0. The second kappa shape index (κ2) is 10.5. The van der Waals surface area contributed by atoms with Crippen molar-refractivity contribution < 1.29 is 9.53 Å². The number of carbonyl (C=O) groups excluding carboxylic acids is 1. The fourth-order valence-electron chi connectivity index (χ4n) is 2.62. The van der Waals surface area contributed by atoms with Crippen molar-refractivity contribution in [2.24, 2.45) is 0 Å². The number of hydrogen-bond acceptors (Lipinski definition) is 4. The molecule has 6 heteroatoms. The number of halogens is 1. The monoisotopic (exact) mass is 373 g/mol. The standard InChI is InChI=1S/C17H24ClNO2S2/c1-21-11-10-19-17(20)12-22-15-8-4-5-9-16(15)23-14-7-3-2-6-13(14)18/h2-3,6-7,15-16H,4-5,8-12H2,1H3,(H,19,20)/t15-,16-/m1/s1. The van der Waals surface area contributed by atoms with Gasteiger partial charge in [0.05, 0.1) is 17.4 Å². The molecule has 23 heavy (non-hydrogen) atoms. The molecule has 0 spiro atoms. The first-order valence-electron chi connectivity index (χ1n) is 7.99. The number of benzene rings is 1. The average Bonchev–Trinajstić information content (AvgIpc) is 2.56. The lowest BCUT2D eigenvalue weighted by Crippen LogP contribution is -2.31. The van der Waals surface area contributed by atoms with Gasteiger partial charge in [0.25, 0.3) is 0 Å². The molecule has 1 saturated carbocycles. The number of thioether (sulfide) groups is 2. The van der Waals surface area contributed by atoms with E-state index in [1.807, 2.05) is 30.0 Å². The van der Waals surface area contributed by atoms with E-state index in [9.17, 15) is 4.79 Å². The molecular formula is C17H24ClNO2S2. The lowest BCUT2D eigenvalue weighted by atomic mass is 10.00. The molecule has 0 radical (unpaired) electrons. The predicted octanol–water partition coefficient (Wildman–Crippen LogP) is 4.24. The Bertz CT molecular complexity index is 501. The van der Waals surface area contributed by atoms with Crippen molar-refractivity contribution in [3.63, 3.8) is 0 Å². The molecule has 1 aromatic carbocycles. The summed E-state index contributed by atoms with van der Waals surface area (Å²) in [6.07, 6.45) is 4.89. The highest BCUT2D eigenvalue weighted by atomic mass is 35.5. The minimum atomic E-state index is 0.0964. The summed E-state index contributed by atoms with van der Waals surface area (Å²) in [6.45, 7) is 1.14. The van der Waals surface area contributed by atoms with Crippen LogP contribution < -0.4 is 5.32 Å². The number of nitrogens with one attached hydrogen (secondary N) is 1. The molecule has 2 rings (SSSR count). The van der Waals surface area contributed by atoms with Gasteiger partial charge in [-0.05, 0) is 25.0 Å². The van der Waals surface area contributed by atoms with Crippen LogP contribution in [0, 0.1) is 0 Å². The summed E-state index contributed by atoms with van der Waals surface area (Å²) in [5, 5.41) is 4.75. The predicted molar refractivity (Wildman–Crippen MR) is 101 cm³/mol. The molecule has 1 N–H and O–H groups in total. The Labute approximate surface area is 152 Å². The van der Waals surface area contributed by atoms with Crippen molar-refractivity contribution in [1.29, 1.82) is 0 Å². The number of methoxy groups -OCH3 is 1. The number of rotatable bonds is 8. The molecule has 0 bridgehead atoms. The normalized spacial score (nSPS) is 21.1. The molecule has 2 atom stereocenters. The van der Waals surface area contributed by atoms with Crippen LogP contribution in [-0.4, -0.2) is 42.4 Å². The van der Waals surface area contributed by atoms with E-state index < -0.39 is 0 Å².